The Morgan fingerprint density at radius 3 is 2.46 bits per heavy atom. The van der Waals surface area contributed by atoms with Crippen molar-refractivity contribution in [3.63, 3.8) is 0 Å². The van der Waals surface area contributed by atoms with E-state index in [2.05, 4.69) is 0 Å². The van der Waals surface area contributed by atoms with Gasteiger partial charge in [0.15, 0.2) is 0 Å². The summed E-state index contributed by atoms with van der Waals surface area (Å²) in [6.07, 6.45) is -2.84. The van der Waals surface area contributed by atoms with E-state index in [1.165, 1.54) is 6.07 Å². The number of ether oxygens (including phenoxy) is 1. The topological polar surface area (TPSA) is 93.7 Å². The van der Waals surface area contributed by atoms with Crippen molar-refractivity contribution in [2.75, 3.05) is 13.2 Å². The van der Waals surface area contributed by atoms with Crippen molar-refractivity contribution in [3.8, 4) is 11.8 Å². The lowest BCUT2D eigenvalue weighted by Gasteiger charge is -2.18. The summed E-state index contributed by atoms with van der Waals surface area (Å²) < 4.78 is 33.9. The molecule has 138 valence electrons. The number of aliphatic hydroxyl groups is 3. The first-order valence-electron chi connectivity index (χ1n) is 7.62. The summed E-state index contributed by atoms with van der Waals surface area (Å²) in [7, 11) is 0. The van der Waals surface area contributed by atoms with Crippen LogP contribution in [0.5, 0.6) is 5.75 Å². The molecule has 0 heterocycles. The fourth-order valence-electron chi connectivity index (χ4n) is 2.29. The number of nitrogens with zero attached hydrogens (tertiary/aromatic N) is 1. The van der Waals surface area contributed by atoms with E-state index in [1.807, 2.05) is 28.7 Å². The highest BCUT2D eigenvalue weighted by Gasteiger charge is 2.19. The van der Waals surface area contributed by atoms with E-state index >= 15 is 0 Å². The fraction of sp³-hybridized carbons (Fsp3) is 0.278. The largest absolute Gasteiger partial charge is 0.489 e. The number of hydrogen-bond acceptors (Lipinski definition) is 5. The summed E-state index contributed by atoms with van der Waals surface area (Å²) in [6, 6.07) is 8.61. The molecule has 0 amide bonds. The fourth-order valence-corrected chi connectivity index (χ4v) is 2.75. The molecule has 8 heteroatoms. The van der Waals surface area contributed by atoms with Crippen LogP contribution in [0, 0.1) is 26.5 Å². The van der Waals surface area contributed by atoms with Crippen LogP contribution in [0.3, 0.4) is 0 Å². The number of aliphatic hydroxyl groups excluding tert-OH is 3. The van der Waals surface area contributed by atoms with Gasteiger partial charge in [0.05, 0.1) is 12.2 Å². The molecule has 0 bridgehead atoms. The van der Waals surface area contributed by atoms with Gasteiger partial charge in [0.25, 0.3) is 0 Å². The van der Waals surface area contributed by atoms with Crippen molar-refractivity contribution in [2.45, 2.75) is 18.6 Å². The molecule has 0 spiro atoms. The summed E-state index contributed by atoms with van der Waals surface area (Å²) in [5.41, 5.74) is 0.545. The molecule has 5 nitrogen and oxygen atoms in total. The van der Waals surface area contributed by atoms with Crippen LogP contribution < -0.4 is 4.74 Å². The molecule has 0 aliphatic heterocycles. The van der Waals surface area contributed by atoms with Crippen molar-refractivity contribution in [3.05, 3.63) is 62.2 Å². The number of halogens is 3. The summed E-state index contributed by atoms with van der Waals surface area (Å²) in [5.74, 6) is -1.27. The third-order valence-corrected chi connectivity index (χ3v) is 4.37. The zero-order chi connectivity index (χ0) is 19.3. The minimum atomic E-state index is -1.42. The third-order valence-electron chi connectivity index (χ3n) is 3.70. The van der Waals surface area contributed by atoms with Gasteiger partial charge in [-0.25, -0.2) is 8.78 Å². The van der Waals surface area contributed by atoms with Gasteiger partial charge >= 0.3 is 0 Å². The van der Waals surface area contributed by atoms with Crippen molar-refractivity contribution in [1.29, 1.82) is 5.26 Å². The third kappa shape index (κ3) is 5.11. The lowest BCUT2D eigenvalue weighted by molar-refractivity contribution is -0.0340. The molecule has 3 N–H and O–H groups in total. The Morgan fingerprint density at radius 1 is 1.12 bits per heavy atom. The predicted molar refractivity (Wildman–Crippen MR) is 97.6 cm³/mol. The van der Waals surface area contributed by atoms with E-state index < -0.39 is 37.1 Å². The monoisotopic (exact) mass is 475 g/mol. The normalized spacial score (nSPS) is 13.1. The van der Waals surface area contributed by atoms with Gasteiger partial charge in [0.2, 0.25) is 0 Å². The van der Waals surface area contributed by atoms with E-state index in [-0.39, 0.29) is 23.3 Å². The van der Waals surface area contributed by atoms with Crippen molar-refractivity contribution < 1.29 is 28.8 Å². The van der Waals surface area contributed by atoms with Crippen LogP contribution in [-0.2, 0) is 6.42 Å². The Kier molecular flexibility index (Phi) is 7.28. The van der Waals surface area contributed by atoms with Crippen LogP contribution in [0.25, 0.3) is 0 Å². The number of nitriles is 1. The Hall–Kier alpha value is -1.80. The zero-order valence-electron chi connectivity index (χ0n) is 13.5. The average Bonchev–Trinajstić information content (AvgIpc) is 2.61. The Labute approximate surface area is 162 Å². The lowest BCUT2D eigenvalue weighted by Crippen LogP contribution is -2.34. The van der Waals surface area contributed by atoms with Gasteiger partial charge in [-0.2, -0.15) is 5.26 Å². The number of benzene rings is 2. The van der Waals surface area contributed by atoms with Gasteiger partial charge in [-0.3, -0.25) is 0 Å². The van der Waals surface area contributed by atoms with Crippen LogP contribution in [0.15, 0.2) is 30.3 Å². The molecule has 2 aromatic carbocycles. The van der Waals surface area contributed by atoms with E-state index in [1.54, 1.807) is 12.1 Å². The average molecular weight is 475 g/mol. The Balaban J connectivity index is 2.30. The van der Waals surface area contributed by atoms with Crippen LogP contribution in [0.1, 0.15) is 16.7 Å². The molecule has 2 rings (SSSR count). The molecule has 0 saturated heterocycles. The maximum atomic E-state index is 14.1. The first-order valence-corrected chi connectivity index (χ1v) is 8.69. The van der Waals surface area contributed by atoms with Crippen molar-refractivity contribution in [1.82, 2.24) is 0 Å². The van der Waals surface area contributed by atoms with Crippen LogP contribution in [-0.4, -0.2) is 40.7 Å². The molecule has 2 atom stereocenters. The minimum absolute atomic E-state index is 0.00929. The summed E-state index contributed by atoms with van der Waals surface area (Å²) in [4.78, 5) is 0. The van der Waals surface area contributed by atoms with E-state index in [9.17, 15) is 24.3 Å². The molecule has 0 unspecified atom stereocenters. The molecular formula is C18H16F2INO4. The molecule has 0 aliphatic carbocycles. The highest BCUT2D eigenvalue weighted by Crippen LogP contribution is 2.27. The Bertz CT molecular complexity index is 826. The molecular weight excluding hydrogens is 459 g/mol. The predicted octanol–water partition coefficient (Wildman–Crippen LogP) is 2.12. The van der Waals surface area contributed by atoms with Crippen molar-refractivity contribution in [2.24, 2.45) is 0 Å². The van der Waals surface area contributed by atoms with Gasteiger partial charge in [0, 0.05) is 16.1 Å². The molecule has 0 fully saturated rings. The zero-order valence-corrected chi connectivity index (χ0v) is 15.7. The molecule has 0 aromatic heterocycles. The standard InChI is InChI=1S/C18H16F2INO4/c19-12-4-11(3-10-1-2-13(21)6-15(10)20)14(7-22)18(5-12)26-9-17(25)16(24)8-23/h1-2,4-6,16-17,23-25H,3,8-9H2/t16-,17-/m1/s1. The molecule has 0 saturated carbocycles. The smallest absolute Gasteiger partial charge is 0.140 e. The second-order valence-corrected chi connectivity index (χ2v) is 6.84. The number of hydrogen-bond donors (Lipinski definition) is 3. The van der Waals surface area contributed by atoms with E-state index in [4.69, 9.17) is 9.84 Å². The highest BCUT2D eigenvalue weighted by atomic mass is 127. The van der Waals surface area contributed by atoms with Crippen LogP contribution in [0.4, 0.5) is 8.78 Å². The van der Waals surface area contributed by atoms with Gasteiger partial charge in [-0.15, -0.1) is 0 Å². The number of rotatable bonds is 7. The van der Waals surface area contributed by atoms with Crippen LogP contribution >= 0.6 is 22.6 Å². The summed E-state index contributed by atoms with van der Waals surface area (Å²) in [5, 5.41) is 37.1. The highest BCUT2D eigenvalue weighted by molar-refractivity contribution is 14.1. The maximum absolute atomic E-state index is 14.1. The lowest BCUT2D eigenvalue weighted by atomic mass is 9.99. The molecule has 2 aromatic rings. The summed E-state index contributed by atoms with van der Waals surface area (Å²) >= 11 is 1.97. The molecule has 0 radical (unpaired) electrons. The first-order chi connectivity index (χ1) is 12.3. The molecule has 0 aliphatic rings. The summed E-state index contributed by atoms with van der Waals surface area (Å²) in [6.45, 7) is -1.12. The van der Waals surface area contributed by atoms with Gasteiger partial charge in [-0.05, 0) is 51.9 Å². The quantitative estimate of drug-likeness (QED) is 0.534. The maximum Gasteiger partial charge on any atom is 0.140 e. The van der Waals surface area contributed by atoms with Gasteiger partial charge in [-0.1, -0.05) is 6.07 Å². The van der Waals surface area contributed by atoms with E-state index in [0.717, 1.165) is 12.1 Å². The Morgan fingerprint density at radius 2 is 1.85 bits per heavy atom. The minimum Gasteiger partial charge on any atom is -0.489 e. The van der Waals surface area contributed by atoms with Crippen LogP contribution in [0.2, 0.25) is 0 Å². The van der Waals surface area contributed by atoms with Gasteiger partial charge in [0.1, 0.15) is 42.3 Å². The second kappa shape index (κ2) is 9.23. The van der Waals surface area contributed by atoms with Crippen molar-refractivity contribution >= 4 is 22.6 Å². The second-order valence-electron chi connectivity index (χ2n) is 5.59. The van der Waals surface area contributed by atoms with Gasteiger partial charge < -0.3 is 20.1 Å². The molecule has 26 heavy (non-hydrogen) atoms. The van der Waals surface area contributed by atoms with E-state index in [0.29, 0.717) is 9.13 Å². The first kappa shape index (κ1) is 20.5. The SMILES string of the molecule is N#Cc1c(Cc2ccc(I)cc2F)cc(F)cc1OC[C@@H](O)[C@H](O)CO.